The second kappa shape index (κ2) is 9.94. The zero-order valence-corrected chi connectivity index (χ0v) is 21.4. The maximum absolute atomic E-state index is 13.0. The lowest BCUT2D eigenvalue weighted by Gasteiger charge is -2.26. The van der Waals surface area contributed by atoms with Gasteiger partial charge in [0, 0.05) is 5.02 Å². The summed E-state index contributed by atoms with van der Waals surface area (Å²) in [6.07, 6.45) is 1.16. The van der Waals surface area contributed by atoms with E-state index in [2.05, 4.69) is 5.32 Å². The van der Waals surface area contributed by atoms with E-state index in [1.165, 1.54) is 36.4 Å². The molecule has 1 aliphatic heterocycles. The topological polar surface area (TPSA) is 110 Å². The number of aryl methyl sites for hydroxylation is 1. The van der Waals surface area contributed by atoms with Crippen LogP contribution >= 0.6 is 34.8 Å². The molecular formula is C24H15Cl3N2O6S. The maximum Gasteiger partial charge on any atom is 0.339 e. The number of anilines is 1. The summed E-state index contributed by atoms with van der Waals surface area (Å²) in [6, 6.07) is 13.5. The Kier molecular flexibility index (Phi) is 7.10. The van der Waals surface area contributed by atoms with Gasteiger partial charge in [0.1, 0.15) is 10.5 Å². The van der Waals surface area contributed by atoms with Crippen LogP contribution in [0.5, 0.6) is 5.75 Å². The summed E-state index contributed by atoms with van der Waals surface area (Å²) in [5.41, 5.74) is 0.815. The number of rotatable bonds is 5. The van der Waals surface area contributed by atoms with Crippen LogP contribution in [-0.2, 0) is 19.7 Å². The third kappa shape index (κ3) is 5.24. The first-order chi connectivity index (χ1) is 17.0. The molecule has 0 atom stereocenters. The molecule has 4 amide bonds. The third-order valence-corrected chi connectivity index (χ3v) is 7.03. The first-order valence-corrected chi connectivity index (χ1v) is 12.7. The largest absolute Gasteiger partial charge is 0.376 e. The van der Waals surface area contributed by atoms with Gasteiger partial charge in [-0.15, -0.1) is 0 Å². The fourth-order valence-corrected chi connectivity index (χ4v) is 5.10. The highest BCUT2D eigenvalue weighted by Gasteiger charge is 2.37. The molecular weight excluding hydrogens is 551 g/mol. The molecule has 3 aromatic carbocycles. The van der Waals surface area contributed by atoms with Crippen molar-refractivity contribution in [2.45, 2.75) is 11.8 Å². The van der Waals surface area contributed by atoms with Crippen molar-refractivity contribution >= 4 is 74.5 Å². The Labute approximate surface area is 221 Å². The molecule has 8 nitrogen and oxygen atoms in total. The van der Waals surface area contributed by atoms with E-state index >= 15 is 0 Å². The highest BCUT2D eigenvalue weighted by Crippen LogP contribution is 2.37. The number of hydrogen-bond acceptors (Lipinski definition) is 6. The van der Waals surface area contributed by atoms with Gasteiger partial charge in [-0.1, -0.05) is 58.6 Å². The molecule has 184 valence electrons. The van der Waals surface area contributed by atoms with Crippen molar-refractivity contribution in [1.29, 1.82) is 0 Å². The number of barbiturate groups is 1. The summed E-state index contributed by atoms with van der Waals surface area (Å²) < 4.78 is 30.4. The lowest BCUT2D eigenvalue weighted by Crippen LogP contribution is -2.54. The van der Waals surface area contributed by atoms with E-state index in [0.29, 0.717) is 0 Å². The molecule has 0 aromatic heterocycles. The second-order valence-corrected chi connectivity index (χ2v) is 10.4. The van der Waals surface area contributed by atoms with Gasteiger partial charge in [0.25, 0.3) is 11.8 Å². The molecule has 0 spiro atoms. The molecule has 1 N–H and O–H groups in total. The van der Waals surface area contributed by atoms with E-state index in [-0.39, 0.29) is 42.5 Å². The van der Waals surface area contributed by atoms with Crippen LogP contribution < -0.4 is 14.4 Å². The summed E-state index contributed by atoms with van der Waals surface area (Å²) >= 11 is 18.4. The molecule has 1 fully saturated rings. The number of hydrogen-bond donors (Lipinski definition) is 1. The second-order valence-electron chi connectivity index (χ2n) is 7.60. The fraction of sp³-hybridized carbons (Fsp3) is 0.0417. The molecule has 12 heteroatoms. The Morgan fingerprint density at radius 2 is 1.56 bits per heavy atom. The highest BCUT2D eigenvalue weighted by molar-refractivity contribution is 7.87. The minimum absolute atomic E-state index is 0.0957. The molecule has 36 heavy (non-hydrogen) atoms. The first kappa shape index (κ1) is 25.7. The van der Waals surface area contributed by atoms with Crippen LogP contribution in [0.1, 0.15) is 11.1 Å². The number of carbonyl (C=O) groups excluding carboxylic acids is 3. The molecule has 1 aliphatic rings. The van der Waals surface area contributed by atoms with Crippen LogP contribution in [0.15, 0.2) is 71.1 Å². The number of nitrogens with one attached hydrogen (secondary N) is 1. The molecule has 4 rings (SSSR count). The standard InChI is InChI=1S/C24H15Cl3N2O6S/c1-13-5-7-17(8-6-13)36(33,34)35-21-19(26)10-14(11-20(21)27)9-18-22(30)28-24(32)29(23(18)31)16-4-2-3-15(25)12-16/h2-12H,1H3,(H,28,30,32)/b18-9+. The molecule has 0 saturated carbocycles. The number of carbonyl (C=O) groups is 3. The molecule has 0 unspecified atom stereocenters. The quantitative estimate of drug-likeness (QED) is 0.252. The number of nitrogens with zero attached hydrogens (tertiary/aromatic N) is 1. The van der Waals surface area contributed by atoms with Crippen molar-refractivity contribution in [3.8, 4) is 5.75 Å². The van der Waals surface area contributed by atoms with Crippen molar-refractivity contribution < 1.29 is 27.0 Å². The minimum atomic E-state index is -4.24. The van der Waals surface area contributed by atoms with Crippen molar-refractivity contribution in [1.82, 2.24) is 5.32 Å². The first-order valence-electron chi connectivity index (χ1n) is 10.1. The van der Waals surface area contributed by atoms with Gasteiger partial charge in [0.2, 0.25) is 0 Å². The maximum atomic E-state index is 13.0. The SMILES string of the molecule is Cc1ccc(S(=O)(=O)Oc2c(Cl)cc(/C=C3\C(=O)NC(=O)N(c4cccc(Cl)c4)C3=O)cc2Cl)cc1. The minimum Gasteiger partial charge on any atom is -0.376 e. The zero-order chi connectivity index (χ0) is 26.2. The van der Waals surface area contributed by atoms with E-state index in [1.807, 2.05) is 0 Å². The van der Waals surface area contributed by atoms with Crippen molar-refractivity contribution in [3.05, 3.63) is 92.4 Å². The van der Waals surface area contributed by atoms with E-state index in [0.717, 1.165) is 16.5 Å². The van der Waals surface area contributed by atoms with Gasteiger partial charge in [-0.05, 0) is 61.0 Å². The zero-order valence-electron chi connectivity index (χ0n) is 18.3. The number of halogens is 3. The normalized spacial score (nSPS) is 15.3. The predicted molar refractivity (Wildman–Crippen MR) is 136 cm³/mol. The van der Waals surface area contributed by atoms with Crippen LogP contribution in [0.4, 0.5) is 10.5 Å². The molecule has 0 radical (unpaired) electrons. The molecule has 0 bridgehead atoms. The Morgan fingerprint density at radius 1 is 0.917 bits per heavy atom. The third-order valence-electron chi connectivity index (χ3n) is 5.00. The van der Waals surface area contributed by atoms with E-state index in [4.69, 9.17) is 39.0 Å². The Hall–Kier alpha value is -3.37. The van der Waals surface area contributed by atoms with Crippen molar-refractivity contribution in [3.63, 3.8) is 0 Å². The summed E-state index contributed by atoms with van der Waals surface area (Å²) in [5, 5.41) is 2.00. The number of benzene rings is 3. The average Bonchev–Trinajstić information content (AvgIpc) is 2.79. The van der Waals surface area contributed by atoms with Gasteiger partial charge in [-0.3, -0.25) is 14.9 Å². The van der Waals surface area contributed by atoms with Gasteiger partial charge in [0.05, 0.1) is 15.7 Å². The van der Waals surface area contributed by atoms with Crippen LogP contribution in [0.3, 0.4) is 0 Å². The molecule has 0 aliphatic carbocycles. The lowest BCUT2D eigenvalue weighted by atomic mass is 10.1. The average molecular weight is 566 g/mol. The van der Waals surface area contributed by atoms with Gasteiger partial charge in [0.15, 0.2) is 5.75 Å². The van der Waals surface area contributed by atoms with Gasteiger partial charge >= 0.3 is 16.1 Å². The summed E-state index contributed by atoms with van der Waals surface area (Å²) in [5.74, 6) is -2.16. The Morgan fingerprint density at radius 3 is 2.17 bits per heavy atom. The van der Waals surface area contributed by atoms with Crippen LogP contribution in [0.2, 0.25) is 15.1 Å². The van der Waals surface area contributed by atoms with Crippen LogP contribution in [0, 0.1) is 6.92 Å². The monoisotopic (exact) mass is 564 g/mol. The number of imide groups is 2. The molecule has 1 saturated heterocycles. The van der Waals surface area contributed by atoms with E-state index in [1.54, 1.807) is 31.2 Å². The van der Waals surface area contributed by atoms with Crippen LogP contribution in [0.25, 0.3) is 6.08 Å². The van der Waals surface area contributed by atoms with Gasteiger partial charge in [-0.2, -0.15) is 8.42 Å². The summed E-state index contributed by atoms with van der Waals surface area (Å²) in [7, 11) is -4.24. The molecule has 1 heterocycles. The summed E-state index contributed by atoms with van der Waals surface area (Å²) in [6.45, 7) is 1.81. The smallest absolute Gasteiger partial charge is 0.339 e. The fourth-order valence-electron chi connectivity index (χ4n) is 3.28. The number of amides is 4. The van der Waals surface area contributed by atoms with Crippen molar-refractivity contribution in [2.24, 2.45) is 0 Å². The predicted octanol–water partition coefficient (Wildman–Crippen LogP) is 5.39. The van der Waals surface area contributed by atoms with E-state index < -0.39 is 28.0 Å². The Bertz CT molecular complexity index is 1530. The van der Waals surface area contributed by atoms with Crippen molar-refractivity contribution in [2.75, 3.05) is 4.90 Å². The van der Waals surface area contributed by atoms with Gasteiger partial charge in [-0.25, -0.2) is 9.69 Å². The van der Waals surface area contributed by atoms with E-state index in [9.17, 15) is 22.8 Å². The summed E-state index contributed by atoms with van der Waals surface area (Å²) in [4.78, 5) is 38.5. The highest BCUT2D eigenvalue weighted by atomic mass is 35.5. The number of urea groups is 1. The van der Waals surface area contributed by atoms with Crippen LogP contribution in [-0.4, -0.2) is 26.3 Å². The molecule has 3 aromatic rings. The Balaban J connectivity index is 1.67. The lowest BCUT2D eigenvalue weighted by molar-refractivity contribution is -0.122. The van der Waals surface area contributed by atoms with Gasteiger partial charge < -0.3 is 4.18 Å².